The summed E-state index contributed by atoms with van der Waals surface area (Å²) in [5.74, 6) is -0.127. The largest absolute Gasteiger partial charge is 0.395 e. The maximum Gasteiger partial charge on any atom is 0.186 e. The number of anilines is 1. The molecule has 1 heterocycles. The van der Waals surface area contributed by atoms with Crippen LogP contribution in [0.5, 0.6) is 0 Å². The second-order valence-corrected chi connectivity index (χ2v) is 3.31. The molecule has 0 aliphatic rings. The minimum absolute atomic E-state index is 0.0114. The first-order chi connectivity index (χ1) is 7.20. The molecule has 0 spiro atoms. The molecule has 1 N–H and O–H groups in total. The average Bonchev–Trinajstić information content (AvgIpc) is 2.22. The van der Waals surface area contributed by atoms with E-state index in [0.717, 1.165) is 6.42 Å². The van der Waals surface area contributed by atoms with Crippen molar-refractivity contribution in [1.29, 1.82) is 0 Å². The molecule has 0 aliphatic carbocycles. The molecule has 0 fully saturated rings. The summed E-state index contributed by atoms with van der Waals surface area (Å²) in [5.41, 5.74) is 0.332. The summed E-state index contributed by atoms with van der Waals surface area (Å²) in [7, 11) is 0. The van der Waals surface area contributed by atoms with Gasteiger partial charge in [0.1, 0.15) is 6.33 Å². The minimum Gasteiger partial charge on any atom is -0.395 e. The van der Waals surface area contributed by atoms with E-state index in [0.29, 0.717) is 18.8 Å². The Bertz CT molecular complexity index is 314. The number of nitrogens with zero attached hydrogens (tertiary/aromatic N) is 3. The zero-order valence-corrected chi connectivity index (χ0v) is 9.07. The standard InChI is InChI=1S/C10H16FN3O/c1-3-4-14(5-6-15)10-9(11)8(2)12-7-13-10/h7,15H,3-6H2,1-2H3. The third kappa shape index (κ3) is 2.86. The maximum absolute atomic E-state index is 13.7. The summed E-state index contributed by atoms with van der Waals surface area (Å²) in [6, 6.07) is 0. The number of rotatable bonds is 5. The molecular weight excluding hydrogens is 197 g/mol. The van der Waals surface area contributed by atoms with Crippen molar-refractivity contribution in [3.05, 3.63) is 17.8 Å². The summed E-state index contributed by atoms with van der Waals surface area (Å²) in [5, 5.41) is 8.88. The number of aliphatic hydroxyl groups excluding tert-OH is 1. The molecule has 15 heavy (non-hydrogen) atoms. The van der Waals surface area contributed by atoms with Crippen LogP contribution < -0.4 is 4.90 Å². The van der Waals surface area contributed by atoms with Gasteiger partial charge in [-0.25, -0.2) is 14.4 Å². The van der Waals surface area contributed by atoms with Gasteiger partial charge in [0.05, 0.1) is 12.3 Å². The van der Waals surface area contributed by atoms with Gasteiger partial charge in [-0.05, 0) is 13.3 Å². The van der Waals surface area contributed by atoms with Gasteiger partial charge in [-0.15, -0.1) is 0 Å². The zero-order valence-electron chi connectivity index (χ0n) is 9.07. The van der Waals surface area contributed by atoms with E-state index in [-0.39, 0.29) is 12.4 Å². The normalized spacial score (nSPS) is 10.4. The first-order valence-electron chi connectivity index (χ1n) is 5.03. The Morgan fingerprint density at radius 2 is 2.13 bits per heavy atom. The fourth-order valence-corrected chi connectivity index (χ4v) is 1.38. The van der Waals surface area contributed by atoms with Crippen molar-refractivity contribution in [2.24, 2.45) is 0 Å². The van der Waals surface area contributed by atoms with Gasteiger partial charge in [0.15, 0.2) is 11.6 Å². The highest BCUT2D eigenvalue weighted by Gasteiger charge is 2.14. The van der Waals surface area contributed by atoms with Crippen molar-refractivity contribution in [2.75, 3.05) is 24.6 Å². The molecule has 0 radical (unpaired) electrons. The van der Waals surface area contributed by atoms with Crippen molar-refractivity contribution >= 4 is 5.82 Å². The van der Waals surface area contributed by atoms with E-state index in [1.165, 1.54) is 6.33 Å². The second kappa shape index (κ2) is 5.60. The SMILES string of the molecule is CCCN(CCO)c1ncnc(C)c1F. The highest BCUT2D eigenvalue weighted by Crippen LogP contribution is 2.17. The number of halogens is 1. The Morgan fingerprint density at radius 1 is 1.40 bits per heavy atom. The molecule has 0 unspecified atom stereocenters. The van der Waals surface area contributed by atoms with E-state index in [2.05, 4.69) is 9.97 Å². The molecule has 0 saturated heterocycles. The Hall–Kier alpha value is -1.23. The molecule has 0 bridgehead atoms. The zero-order chi connectivity index (χ0) is 11.3. The van der Waals surface area contributed by atoms with Crippen LogP contribution in [-0.4, -0.2) is 34.8 Å². The molecule has 5 heteroatoms. The van der Waals surface area contributed by atoms with Gasteiger partial charge < -0.3 is 10.0 Å². The number of hydrogen-bond acceptors (Lipinski definition) is 4. The van der Waals surface area contributed by atoms with Crippen LogP contribution in [0.25, 0.3) is 0 Å². The van der Waals surface area contributed by atoms with Crippen LogP contribution in [0.4, 0.5) is 10.2 Å². The molecule has 84 valence electrons. The maximum atomic E-state index is 13.7. The molecule has 0 atom stereocenters. The van der Waals surface area contributed by atoms with Crippen molar-refractivity contribution in [2.45, 2.75) is 20.3 Å². The second-order valence-electron chi connectivity index (χ2n) is 3.31. The lowest BCUT2D eigenvalue weighted by molar-refractivity contribution is 0.301. The predicted octanol–water partition coefficient (Wildman–Crippen LogP) is 1.13. The lowest BCUT2D eigenvalue weighted by atomic mass is 10.3. The van der Waals surface area contributed by atoms with Gasteiger partial charge in [0, 0.05) is 13.1 Å². The van der Waals surface area contributed by atoms with E-state index in [1.807, 2.05) is 6.92 Å². The van der Waals surface area contributed by atoms with Crippen LogP contribution in [-0.2, 0) is 0 Å². The van der Waals surface area contributed by atoms with Crippen LogP contribution in [0, 0.1) is 12.7 Å². The average molecular weight is 213 g/mol. The molecule has 1 rings (SSSR count). The van der Waals surface area contributed by atoms with Crippen molar-refractivity contribution in [3.63, 3.8) is 0 Å². The molecule has 0 aromatic carbocycles. The smallest absolute Gasteiger partial charge is 0.186 e. The van der Waals surface area contributed by atoms with Crippen LogP contribution in [0.3, 0.4) is 0 Å². The molecule has 0 saturated carbocycles. The summed E-state index contributed by atoms with van der Waals surface area (Å²) in [6.45, 7) is 4.65. The van der Waals surface area contributed by atoms with Gasteiger partial charge in [0.25, 0.3) is 0 Å². The van der Waals surface area contributed by atoms with E-state index in [1.54, 1.807) is 11.8 Å². The van der Waals surface area contributed by atoms with E-state index in [4.69, 9.17) is 5.11 Å². The fraction of sp³-hybridized carbons (Fsp3) is 0.600. The summed E-state index contributed by atoms with van der Waals surface area (Å²) < 4.78 is 13.7. The number of aromatic nitrogens is 2. The van der Waals surface area contributed by atoms with Gasteiger partial charge in [-0.1, -0.05) is 6.92 Å². The third-order valence-electron chi connectivity index (χ3n) is 2.11. The van der Waals surface area contributed by atoms with Crippen LogP contribution >= 0.6 is 0 Å². The first kappa shape index (κ1) is 11.8. The molecule has 0 aliphatic heterocycles. The molecule has 1 aromatic heterocycles. The van der Waals surface area contributed by atoms with E-state index < -0.39 is 5.82 Å². The van der Waals surface area contributed by atoms with Crippen molar-refractivity contribution in [3.8, 4) is 0 Å². The van der Waals surface area contributed by atoms with Crippen molar-refractivity contribution < 1.29 is 9.50 Å². The summed E-state index contributed by atoms with van der Waals surface area (Å²) in [4.78, 5) is 9.40. The Morgan fingerprint density at radius 3 is 2.73 bits per heavy atom. The Labute approximate surface area is 88.8 Å². The lowest BCUT2D eigenvalue weighted by Gasteiger charge is -2.22. The lowest BCUT2D eigenvalue weighted by Crippen LogP contribution is -2.29. The molecular formula is C10H16FN3O. The van der Waals surface area contributed by atoms with Gasteiger partial charge in [-0.3, -0.25) is 0 Å². The third-order valence-corrected chi connectivity index (χ3v) is 2.11. The van der Waals surface area contributed by atoms with E-state index >= 15 is 0 Å². The van der Waals surface area contributed by atoms with Crippen LogP contribution in [0.1, 0.15) is 19.0 Å². The van der Waals surface area contributed by atoms with Gasteiger partial charge in [0.2, 0.25) is 0 Å². The van der Waals surface area contributed by atoms with Gasteiger partial charge >= 0.3 is 0 Å². The highest BCUT2D eigenvalue weighted by molar-refractivity contribution is 5.40. The minimum atomic E-state index is -0.403. The molecule has 1 aromatic rings. The number of hydrogen-bond donors (Lipinski definition) is 1. The van der Waals surface area contributed by atoms with Gasteiger partial charge in [-0.2, -0.15) is 0 Å². The Kier molecular flexibility index (Phi) is 4.42. The quantitative estimate of drug-likeness (QED) is 0.796. The monoisotopic (exact) mass is 213 g/mol. The summed E-state index contributed by atoms with van der Waals surface area (Å²) >= 11 is 0. The number of aliphatic hydroxyl groups is 1. The molecule has 0 amide bonds. The predicted molar refractivity (Wildman–Crippen MR) is 56.3 cm³/mol. The Balaban J connectivity index is 2.94. The van der Waals surface area contributed by atoms with E-state index in [9.17, 15) is 4.39 Å². The highest BCUT2D eigenvalue weighted by atomic mass is 19.1. The fourth-order valence-electron chi connectivity index (χ4n) is 1.38. The van der Waals surface area contributed by atoms with Crippen molar-refractivity contribution in [1.82, 2.24) is 9.97 Å². The van der Waals surface area contributed by atoms with Crippen LogP contribution in [0.2, 0.25) is 0 Å². The summed E-state index contributed by atoms with van der Waals surface area (Å²) in [6.07, 6.45) is 2.22. The first-order valence-corrected chi connectivity index (χ1v) is 5.03. The number of aryl methyl sites for hydroxylation is 1. The molecule has 4 nitrogen and oxygen atoms in total. The topological polar surface area (TPSA) is 49.2 Å². The van der Waals surface area contributed by atoms with Crippen LogP contribution in [0.15, 0.2) is 6.33 Å².